The highest BCUT2D eigenvalue weighted by molar-refractivity contribution is 7.09. The van der Waals surface area contributed by atoms with Gasteiger partial charge in [-0.25, -0.2) is 9.97 Å². The summed E-state index contributed by atoms with van der Waals surface area (Å²) >= 11 is 14.1. The summed E-state index contributed by atoms with van der Waals surface area (Å²) in [5, 5.41) is 3.48. The molecule has 1 atom stereocenters. The van der Waals surface area contributed by atoms with E-state index in [1.807, 2.05) is 35.1 Å². The van der Waals surface area contributed by atoms with Crippen LogP contribution in [0.1, 0.15) is 23.1 Å². The molecule has 1 aromatic carbocycles. The van der Waals surface area contributed by atoms with Crippen LogP contribution in [0.2, 0.25) is 5.02 Å². The molecule has 0 aliphatic heterocycles. The number of para-hydroxylation sites is 1. The maximum atomic E-state index is 6.30. The second-order valence-corrected chi connectivity index (χ2v) is 6.25. The van der Waals surface area contributed by atoms with Crippen LogP contribution in [0.3, 0.4) is 0 Å². The number of hydrogen-bond acceptors (Lipinski definition) is 3. The van der Waals surface area contributed by atoms with Crippen LogP contribution in [0.15, 0.2) is 29.8 Å². The summed E-state index contributed by atoms with van der Waals surface area (Å²) in [6.07, 6.45) is 1.80. The SMILES string of the molecule is CC(Cl)c1nc2cccc(Cl)c2n1Cc1nccs1. The van der Waals surface area contributed by atoms with Crippen LogP contribution in [0.5, 0.6) is 0 Å². The van der Waals surface area contributed by atoms with Gasteiger partial charge in [0.2, 0.25) is 0 Å². The first kappa shape index (κ1) is 12.9. The van der Waals surface area contributed by atoms with E-state index in [4.69, 9.17) is 23.2 Å². The lowest BCUT2D eigenvalue weighted by atomic mass is 10.3. The molecule has 2 aromatic heterocycles. The average molecular weight is 312 g/mol. The standard InChI is InChI=1S/C13H11Cl2N3S/c1-8(14)13-17-10-4-2-3-9(15)12(10)18(13)7-11-16-5-6-19-11/h2-6,8H,7H2,1H3. The highest BCUT2D eigenvalue weighted by Gasteiger charge is 2.17. The predicted octanol–water partition coefficient (Wildman–Crippen LogP) is 4.49. The smallest absolute Gasteiger partial charge is 0.128 e. The Bertz CT molecular complexity index is 704. The molecule has 0 N–H and O–H groups in total. The fourth-order valence-electron chi connectivity index (χ4n) is 2.09. The molecule has 0 saturated heterocycles. The van der Waals surface area contributed by atoms with Crippen LogP contribution in [0.25, 0.3) is 11.0 Å². The Kier molecular flexibility index (Phi) is 3.48. The van der Waals surface area contributed by atoms with Crippen molar-refractivity contribution in [1.82, 2.24) is 14.5 Å². The largest absolute Gasteiger partial charge is 0.319 e. The normalized spacial score (nSPS) is 13.0. The summed E-state index contributed by atoms with van der Waals surface area (Å²) in [6.45, 7) is 2.55. The molecule has 0 amide bonds. The number of rotatable bonds is 3. The second kappa shape index (κ2) is 5.12. The van der Waals surface area contributed by atoms with E-state index in [2.05, 4.69) is 9.97 Å². The zero-order valence-corrected chi connectivity index (χ0v) is 12.5. The molecular formula is C13H11Cl2N3S. The van der Waals surface area contributed by atoms with Gasteiger partial charge in [0, 0.05) is 11.6 Å². The van der Waals surface area contributed by atoms with Crippen LogP contribution >= 0.6 is 34.5 Å². The molecule has 3 rings (SSSR count). The van der Waals surface area contributed by atoms with Crippen molar-refractivity contribution in [3.05, 3.63) is 45.6 Å². The number of benzene rings is 1. The minimum Gasteiger partial charge on any atom is -0.319 e. The molecule has 0 radical (unpaired) electrons. The van der Waals surface area contributed by atoms with Gasteiger partial charge in [-0.2, -0.15) is 0 Å². The van der Waals surface area contributed by atoms with E-state index in [0.717, 1.165) is 21.9 Å². The summed E-state index contributed by atoms with van der Waals surface area (Å²) in [6, 6.07) is 5.71. The lowest BCUT2D eigenvalue weighted by Gasteiger charge is -2.09. The van der Waals surface area contributed by atoms with Gasteiger partial charge in [-0.1, -0.05) is 17.7 Å². The summed E-state index contributed by atoms with van der Waals surface area (Å²) < 4.78 is 2.05. The van der Waals surface area contributed by atoms with Crippen molar-refractivity contribution in [2.75, 3.05) is 0 Å². The number of imidazole rings is 1. The van der Waals surface area contributed by atoms with Gasteiger partial charge in [-0.15, -0.1) is 22.9 Å². The third-order valence-corrected chi connectivity index (χ3v) is 4.14. The van der Waals surface area contributed by atoms with Gasteiger partial charge in [0.15, 0.2) is 0 Å². The number of hydrogen-bond donors (Lipinski definition) is 0. The quantitative estimate of drug-likeness (QED) is 0.667. The monoisotopic (exact) mass is 311 g/mol. The zero-order valence-electron chi connectivity index (χ0n) is 10.2. The third-order valence-electron chi connectivity index (χ3n) is 2.88. The van der Waals surface area contributed by atoms with E-state index in [9.17, 15) is 0 Å². The minimum absolute atomic E-state index is 0.177. The molecule has 19 heavy (non-hydrogen) atoms. The molecule has 0 aliphatic rings. The fraction of sp³-hybridized carbons (Fsp3) is 0.231. The fourth-order valence-corrected chi connectivity index (χ4v) is 3.13. The molecule has 0 fully saturated rings. The summed E-state index contributed by atoms with van der Waals surface area (Å²) in [5.41, 5.74) is 1.79. The van der Waals surface area contributed by atoms with E-state index >= 15 is 0 Å². The first-order valence-electron chi connectivity index (χ1n) is 5.84. The van der Waals surface area contributed by atoms with Crippen molar-refractivity contribution in [1.29, 1.82) is 0 Å². The Morgan fingerprint density at radius 3 is 2.95 bits per heavy atom. The highest BCUT2D eigenvalue weighted by Crippen LogP contribution is 2.30. The van der Waals surface area contributed by atoms with Crippen molar-refractivity contribution >= 4 is 45.6 Å². The lowest BCUT2D eigenvalue weighted by Crippen LogP contribution is -2.05. The van der Waals surface area contributed by atoms with E-state index in [1.165, 1.54) is 0 Å². The maximum Gasteiger partial charge on any atom is 0.128 e. The number of aromatic nitrogens is 3. The zero-order chi connectivity index (χ0) is 13.4. The van der Waals surface area contributed by atoms with Crippen molar-refractivity contribution in [3.63, 3.8) is 0 Å². The van der Waals surface area contributed by atoms with Crippen LogP contribution in [0.4, 0.5) is 0 Å². The molecule has 6 heteroatoms. The maximum absolute atomic E-state index is 6.30. The summed E-state index contributed by atoms with van der Waals surface area (Å²) in [5.74, 6) is 0.819. The second-order valence-electron chi connectivity index (χ2n) is 4.21. The Balaban J connectivity index is 2.21. The van der Waals surface area contributed by atoms with Crippen LogP contribution in [0, 0.1) is 0 Å². The van der Waals surface area contributed by atoms with Gasteiger partial charge in [-0.05, 0) is 19.1 Å². The Morgan fingerprint density at radius 1 is 1.42 bits per heavy atom. The van der Waals surface area contributed by atoms with E-state index < -0.39 is 0 Å². The van der Waals surface area contributed by atoms with Crippen LogP contribution in [-0.4, -0.2) is 14.5 Å². The number of nitrogens with zero attached hydrogens (tertiary/aromatic N) is 3. The summed E-state index contributed by atoms with van der Waals surface area (Å²) in [4.78, 5) is 8.89. The Morgan fingerprint density at radius 2 is 2.26 bits per heavy atom. The van der Waals surface area contributed by atoms with Gasteiger partial charge >= 0.3 is 0 Å². The van der Waals surface area contributed by atoms with Gasteiger partial charge in [0.1, 0.15) is 10.8 Å². The first-order chi connectivity index (χ1) is 9.16. The molecule has 2 heterocycles. The number of thiazole rings is 1. The van der Waals surface area contributed by atoms with Crippen molar-refractivity contribution in [3.8, 4) is 0 Å². The Hall–Kier alpha value is -1.10. The Labute approximate surface area is 124 Å². The number of alkyl halides is 1. The third kappa shape index (κ3) is 2.36. The summed E-state index contributed by atoms with van der Waals surface area (Å²) in [7, 11) is 0. The lowest BCUT2D eigenvalue weighted by molar-refractivity contribution is 0.738. The molecule has 0 aliphatic carbocycles. The molecule has 1 unspecified atom stereocenters. The first-order valence-corrected chi connectivity index (χ1v) is 7.53. The highest BCUT2D eigenvalue weighted by atomic mass is 35.5. The van der Waals surface area contributed by atoms with Gasteiger partial charge in [-0.3, -0.25) is 0 Å². The molecule has 0 bridgehead atoms. The molecule has 98 valence electrons. The van der Waals surface area contributed by atoms with Crippen LogP contribution < -0.4 is 0 Å². The minimum atomic E-state index is -0.177. The van der Waals surface area contributed by atoms with Crippen molar-refractivity contribution < 1.29 is 0 Å². The van der Waals surface area contributed by atoms with Crippen LogP contribution in [-0.2, 0) is 6.54 Å². The number of halogens is 2. The average Bonchev–Trinajstić information content (AvgIpc) is 2.98. The van der Waals surface area contributed by atoms with E-state index in [0.29, 0.717) is 11.6 Å². The van der Waals surface area contributed by atoms with Crippen molar-refractivity contribution in [2.24, 2.45) is 0 Å². The van der Waals surface area contributed by atoms with Gasteiger partial charge in [0.25, 0.3) is 0 Å². The van der Waals surface area contributed by atoms with Gasteiger partial charge < -0.3 is 4.57 Å². The molecule has 0 saturated carbocycles. The van der Waals surface area contributed by atoms with E-state index in [-0.39, 0.29) is 5.38 Å². The number of fused-ring (bicyclic) bond motifs is 1. The topological polar surface area (TPSA) is 30.7 Å². The molecular weight excluding hydrogens is 301 g/mol. The van der Waals surface area contributed by atoms with E-state index in [1.54, 1.807) is 17.5 Å². The molecule has 3 nitrogen and oxygen atoms in total. The van der Waals surface area contributed by atoms with Gasteiger partial charge in [0.05, 0.1) is 28.0 Å². The van der Waals surface area contributed by atoms with Crippen molar-refractivity contribution in [2.45, 2.75) is 18.8 Å². The predicted molar refractivity (Wildman–Crippen MR) is 80.2 cm³/mol. The molecule has 3 aromatic rings. The molecule has 0 spiro atoms.